The summed E-state index contributed by atoms with van der Waals surface area (Å²) < 4.78 is 0. The van der Waals surface area contributed by atoms with Gasteiger partial charge in [0.2, 0.25) is 5.91 Å². The van der Waals surface area contributed by atoms with E-state index < -0.39 is 0 Å². The highest BCUT2D eigenvalue weighted by atomic mass is 35.5. The summed E-state index contributed by atoms with van der Waals surface area (Å²) in [6.07, 6.45) is 0.904. The topological polar surface area (TPSA) is 49.4 Å². The molecule has 0 aliphatic carbocycles. The van der Waals surface area contributed by atoms with Crippen LogP contribution in [0.3, 0.4) is 0 Å². The number of carbonyl (C=O) groups excluding carboxylic acids is 2. The van der Waals surface area contributed by atoms with E-state index in [2.05, 4.69) is 5.32 Å². The molecule has 5 heteroatoms. The van der Waals surface area contributed by atoms with Crippen LogP contribution in [0, 0.1) is 0 Å². The van der Waals surface area contributed by atoms with Crippen molar-refractivity contribution in [1.82, 2.24) is 4.90 Å². The van der Waals surface area contributed by atoms with Gasteiger partial charge < -0.3 is 10.2 Å². The normalized spacial score (nSPS) is 10.4. The smallest absolute Gasteiger partial charge is 0.253 e. The average molecular weight is 359 g/mol. The second kappa shape index (κ2) is 9.23. The van der Waals surface area contributed by atoms with Crippen LogP contribution in [-0.2, 0) is 11.2 Å². The molecular weight excluding hydrogens is 336 g/mol. The fourth-order valence-electron chi connectivity index (χ4n) is 2.60. The minimum atomic E-state index is -0.104. The molecule has 0 aromatic heterocycles. The SMILES string of the molecule is CCN(CC)C(=O)c1cccc(NC(=O)CCc2ccccc2Cl)c1. The van der Waals surface area contributed by atoms with Crippen molar-refractivity contribution in [3.05, 3.63) is 64.7 Å². The standard InChI is InChI=1S/C20H23ClN2O2/c1-3-23(4-2)20(25)16-9-7-10-17(14-16)22-19(24)13-12-15-8-5-6-11-18(15)21/h5-11,14H,3-4,12-13H2,1-2H3,(H,22,24). The number of hydrogen-bond acceptors (Lipinski definition) is 2. The maximum atomic E-state index is 12.4. The molecule has 2 rings (SSSR count). The van der Waals surface area contributed by atoms with Crippen LogP contribution >= 0.6 is 11.6 Å². The van der Waals surface area contributed by atoms with E-state index in [0.29, 0.717) is 42.2 Å². The molecule has 0 fully saturated rings. The largest absolute Gasteiger partial charge is 0.339 e. The quantitative estimate of drug-likeness (QED) is 0.797. The van der Waals surface area contributed by atoms with E-state index in [9.17, 15) is 9.59 Å². The van der Waals surface area contributed by atoms with Crippen molar-refractivity contribution >= 4 is 29.1 Å². The highest BCUT2D eigenvalue weighted by Gasteiger charge is 2.13. The molecule has 4 nitrogen and oxygen atoms in total. The van der Waals surface area contributed by atoms with Crippen LogP contribution in [0.15, 0.2) is 48.5 Å². The molecule has 2 aromatic carbocycles. The summed E-state index contributed by atoms with van der Waals surface area (Å²) in [7, 11) is 0. The first kappa shape index (κ1) is 19.0. The Morgan fingerprint density at radius 2 is 1.76 bits per heavy atom. The number of hydrogen-bond donors (Lipinski definition) is 1. The Morgan fingerprint density at radius 1 is 1.04 bits per heavy atom. The Kier molecular flexibility index (Phi) is 7.02. The Labute approximate surface area is 153 Å². The molecule has 0 saturated heterocycles. The molecule has 0 heterocycles. The molecule has 0 spiro atoms. The molecule has 0 saturated carbocycles. The highest BCUT2D eigenvalue weighted by Crippen LogP contribution is 2.17. The predicted octanol–water partition coefficient (Wildman–Crippen LogP) is 4.39. The molecule has 2 amide bonds. The minimum Gasteiger partial charge on any atom is -0.339 e. The lowest BCUT2D eigenvalue weighted by Crippen LogP contribution is -2.30. The van der Waals surface area contributed by atoms with E-state index in [1.807, 2.05) is 38.1 Å². The van der Waals surface area contributed by atoms with Crippen molar-refractivity contribution in [2.45, 2.75) is 26.7 Å². The van der Waals surface area contributed by atoms with Crippen LogP contribution in [0.25, 0.3) is 0 Å². The Bertz CT molecular complexity index is 742. The zero-order valence-electron chi connectivity index (χ0n) is 14.6. The summed E-state index contributed by atoms with van der Waals surface area (Å²) in [6, 6.07) is 14.5. The van der Waals surface area contributed by atoms with Gasteiger partial charge in [-0.25, -0.2) is 0 Å². The summed E-state index contributed by atoms with van der Waals surface area (Å²) >= 11 is 6.11. The summed E-state index contributed by atoms with van der Waals surface area (Å²) in [5.74, 6) is -0.135. The van der Waals surface area contributed by atoms with E-state index in [4.69, 9.17) is 11.6 Å². The number of nitrogens with zero attached hydrogens (tertiary/aromatic N) is 1. The van der Waals surface area contributed by atoms with Crippen LogP contribution < -0.4 is 5.32 Å². The van der Waals surface area contributed by atoms with Gasteiger partial charge in [0.1, 0.15) is 0 Å². The number of halogens is 1. The molecule has 0 aliphatic rings. The van der Waals surface area contributed by atoms with Gasteiger partial charge in [0.25, 0.3) is 5.91 Å². The summed E-state index contributed by atoms with van der Waals surface area (Å²) in [5, 5.41) is 3.52. The molecule has 25 heavy (non-hydrogen) atoms. The molecule has 132 valence electrons. The fourth-order valence-corrected chi connectivity index (χ4v) is 2.83. The van der Waals surface area contributed by atoms with Crippen molar-refractivity contribution < 1.29 is 9.59 Å². The van der Waals surface area contributed by atoms with Crippen LogP contribution in [-0.4, -0.2) is 29.8 Å². The van der Waals surface area contributed by atoms with E-state index in [1.165, 1.54) is 0 Å². The number of carbonyl (C=O) groups is 2. The van der Waals surface area contributed by atoms with Gasteiger partial charge in [-0.15, -0.1) is 0 Å². The second-order valence-electron chi connectivity index (χ2n) is 5.70. The summed E-state index contributed by atoms with van der Waals surface area (Å²) in [6.45, 7) is 5.21. The Balaban J connectivity index is 1.98. The van der Waals surface area contributed by atoms with Gasteiger partial charge in [0.15, 0.2) is 0 Å². The number of rotatable bonds is 7. The van der Waals surface area contributed by atoms with Crippen LogP contribution in [0.5, 0.6) is 0 Å². The van der Waals surface area contributed by atoms with Gasteiger partial charge in [-0.2, -0.15) is 0 Å². The molecule has 2 aromatic rings. The molecule has 0 bridgehead atoms. The zero-order valence-corrected chi connectivity index (χ0v) is 15.3. The average Bonchev–Trinajstić information content (AvgIpc) is 2.62. The number of benzene rings is 2. The monoisotopic (exact) mass is 358 g/mol. The third kappa shape index (κ3) is 5.33. The highest BCUT2D eigenvalue weighted by molar-refractivity contribution is 6.31. The first-order valence-electron chi connectivity index (χ1n) is 8.47. The maximum absolute atomic E-state index is 12.4. The van der Waals surface area contributed by atoms with Gasteiger partial charge in [-0.3, -0.25) is 9.59 Å². The first-order chi connectivity index (χ1) is 12.0. The van der Waals surface area contributed by atoms with Gasteiger partial charge in [0, 0.05) is 35.8 Å². The number of anilines is 1. The van der Waals surface area contributed by atoms with E-state index in [0.717, 1.165) is 5.56 Å². The third-order valence-electron chi connectivity index (χ3n) is 4.02. The van der Waals surface area contributed by atoms with Crippen molar-refractivity contribution in [3.8, 4) is 0 Å². The molecular formula is C20H23ClN2O2. The van der Waals surface area contributed by atoms with E-state index >= 15 is 0 Å². The zero-order chi connectivity index (χ0) is 18.2. The molecule has 0 aliphatic heterocycles. The van der Waals surface area contributed by atoms with Crippen molar-refractivity contribution in [2.75, 3.05) is 18.4 Å². The lowest BCUT2D eigenvalue weighted by atomic mass is 10.1. The fraction of sp³-hybridized carbons (Fsp3) is 0.300. The summed E-state index contributed by atoms with van der Waals surface area (Å²) in [5.41, 5.74) is 2.15. The second-order valence-corrected chi connectivity index (χ2v) is 6.11. The molecule has 0 atom stereocenters. The third-order valence-corrected chi connectivity index (χ3v) is 4.39. The van der Waals surface area contributed by atoms with Crippen molar-refractivity contribution in [1.29, 1.82) is 0 Å². The molecule has 1 N–H and O–H groups in total. The first-order valence-corrected chi connectivity index (χ1v) is 8.85. The van der Waals surface area contributed by atoms with Gasteiger partial charge in [0.05, 0.1) is 0 Å². The lowest BCUT2D eigenvalue weighted by Gasteiger charge is -2.19. The maximum Gasteiger partial charge on any atom is 0.253 e. The number of aryl methyl sites for hydroxylation is 1. The Morgan fingerprint density at radius 3 is 2.44 bits per heavy atom. The minimum absolute atomic E-state index is 0.0304. The van der Waals surface area contributed by atoms with E-state index in [1.54, 1.807) is 29.2 Å². The van der Waals surface area contributed by atoms with Gasteiger partial charge in [-0.05, 0) is 50.1 Å². The van der Waals surface area contributed by atoms with Gasteiger partial charge >= 0.3 is 0 Å². The number of nitrogens with one attached hydrogen (secondary N) is 1. The molecule has 0 unspecified atom stereocenters. The van der Waals surface area contributed by atoms with Crippen LogP contribution in [0.4, 0.5) is 5.69 Å². The van der Waals surface area contributed by atoms with Crippen LogP contribution in [0.1, 0.15) is 36.2 Å². The van der Waals surface area contributed by atoms with Gasteiger partial charge in [-0.1, -0.05) is 35.9 Å². The van der Waals surface area contributed by atoms with Crippen molar-refractivity contribution in [3.63, 3.8) is 0 Å². The number of amides is 2. The lowest BCUT2D eigenvalue weighted by molar-refractivity contribution is -0.116. The Hall–Kier alpha value is -2.33. The molecule has 0 radical (unpaired) electrons. The summed E-state index contributed by atoms with van der Waals surface area (Å²) in [4.78, 5) is 26.3. The van der Waals surface area contributed by atoms with E-state index in [-0.39, 0.29) is 11.8 Å². The van der Waals surface area contributed by atoms with Crippen molar-refractivity contribution in [2.24, 2.45) is 0 Å². The predicted molar refractivity (Wildman–Crippen MR) is 102 cm³/mol. The van der Waals surface area contributed by atoms with Crippen LogP contribution in [0.2, 0.25) is 5.02 Å².